The van der Waals surface area contributed by atoms with Crippen molar-refractivity contribution in [3.05, 3.63) is 70.6 Å². The van der Waals surface area contributed by atoms with Crippen molar-refractivity contribution in [1.29, 1.82) is 0 Å². The summed E-state index contributed by atoms with van der Waals surface area (Å²) in [6.07, 6.45) is 8.35. The maximum atomic E-state index is 13.1. The molecule has 4 rings (SSSR count). The Balaban J connectivity index is 1.90. The van der Waals surface area contributed by atoms with E-state index in [0.29, 0.717) is 5.56 Å². The van der Waals surface area contributed by atoms with Gasteiger partial charge in [0.1, 0.15) is 5.76 Å². The van der Waals surface area contributed by atoms with Gasteiger partial charge >= 0.3 is 0 Å². The highest BCUT2D eigenvalue weighted by Crippen LogP contribution is 2.43. The number of Topliss-reactive ketones (excluding diaryl/α,β-unsaturated/α-hetero) is 1. The molecule has 2 fully saturated rings. The number of rotatable bonds is 3. The molecule has 1 saturated heterocycles. The monoisotopic (exact) mass is 390 g/mol. The van der Waals surface area contributed by atoms with E-state index in [4.69, 9.17) is 0 Å². The molecule has 0 spiro atoms. The van der Waals surface area contributed by atoms with Crippen LogP contribution in [0.1, 0.15) is 60.4 Å². The number of aryl methyl sites for hydroxylation is 2. The summed E-state index contributed by atoms with van der Waals surface area (Å²) in [4.78, 5) is 32.0. The molecule has 2 aliphatic rings. The predicted molar refractivity (Wildman–Crippen MR) is 111 cm³/mol. The highest BCUT2D eigenvalue weighted by atomic mass is 16.3. The van der Waals surface area contributed by atoms with Gasteiger partial charge < -0.3 is 10.0 Å². The van der Waals surface area contributed by atoms with Gasteiger partial charge in [-0.3, -0.25) is 14.6 Å². The fourth-order valence-electron chi connectivity index (χ4n) is 4.59. The Morgan fingerprint density at radius 3 is 2.41 bits per heavy atom. The summed E-state index contributed by atoms with van der Waals surface area (Å²) in [7, 11) is 0. The number of hydrogen-bond donors (Lipinski definition) is 1. The van der Waals surface area contributed by atoms with Gasteiger partial charge in [-0.15, -0.1) is 0 Å². The fourth-order valence-corrected chi connectivity index (χ4v) is 4.59. The first kappa shape index (κ1) is 19.4. The van der Waals surface area contributed by atoms with Gasteiger partial charge in [0.2, 0.25) is 0 Å². The molecule has 0 bridgehead atoms. The van der Waals surface area contributed by atoms with Crippen LogP contribution in [0.15, 0.2) is 48.3 Å². The normalized spacial score (nSPS) is 22.3. The molecule has 1 atom stereocenters. The molecule has 1 amide bonds. The Hall–Kier alpha value is -2.95. The first-order valence-electron chi connectivity index (χ1n) is 10.3. The predicted octanol–water partition coefficient (Wildman–Crippen LogP) is 4.45. The quantitative estimate of drug-likeness (QED) is 0.477. The standard InChI is InChI=1S/C24H26N2O3/c1-15-8-9-16(2)19(14-15)22(27)20-21(17-10-12-25-13-11-17)26(24(29)23(20)28)18-6-4-3-5-7-18/h8-14,18,21,27H,3-7H2,1-2H3/b22-20+. The molecule has 2 aromatic rings. The third-order valence-corrected chi connectivity index (χ3v) is 6.12. The maximum absolute atomic E-state index is 13.1. The number of hydrogen-bond acceptors (Lipinski definition) is 4. The molecule has 2 heterocycles. The minimum Gasteiger partial charge on any atom is -0.507 e. The van der Waals surface area contributed by atoms with Crippen LogP contribution in [-0.4, -0.2) is 32.7 Å². The zero-order valence-corrected chi connectivity index (χ0v) is 16.9. The second-order valence-electron chi connectivity index (χ2n) is 8.10. The molecule has 1 aliphatic carbocycles. The van der Waals surface area contributed by atoms with Crippen LogP contribution in [0.5, 0.6) is 0 Å². The zero-order valence-electron chi connectivity index (χ0n) is 16.9. The van der Waals surface area contributed by atoms with Crippen LogP contribution in [0.3, 0.4) is 0 Å². The number of ketones is 1. The van der Waals surface area contributed by atoms with Gasteiger partial charge in [0, 0.05) is 24.0 Å². The lowest BCUT2D eigenvalue weighted by Gasteiger charge is -2.35. The minimum absolute atomic E-state index is 0.0160. The van der Waals surface area contributed by atoms with E-state index in [2.05, 4.69) is 4.98 Å². The molecule has 29 heavy (non-hydrogen) atoms. The van der Waals surface area contributed by atoms with Gasteiger partial charge in [0.15, 0.2) is 0 Å². The lowest BCUT2D eigenvalue weighted by molar-refractivity contribution is -0.141. The summed E-state index contributed by atoms with van der Waals surface area (Å²) >= 11 is 0. The lowest BCUT2D eigenvalue weighted by Crippen LogP contribution is -2.40. The summed E-state index contributed by atoms with van der Waals surface area (Å²) in [5.41, 5.74) is 3.44. The SMILES string of the molecule is Cc1ccc(C)c(/C(O)=C2\C(=O)C(=O)N(C3CCCCC3)C2c2ccncc2)c1. The third-order valence-electron chi connectivity index (χ3n) is 6.12. The number of carbonyl (C=O) groups is 2. The molecule has 150 valence electrons. The molecule has 5 heteroatoms. The summed E-state index contributed by atoms with van der Waals surface area (Å²) in [5.74, 6) is -1.20. The molecule has 5 nitrogen and oxygen atoms in total. The topological polar surface area (TPSA) is 70.5 Å². The molecule has 0 radical (unpaired) electrons. The molecule has 1 saturated carbocycles. The second-order valence-corrected chi connectivity index (χ2v) is 8.10. The van der Waals surface area contributed by atoms with Crippen LogP contribution >= 0.6 is 0 Å². The van der Waals surface area contributed by atoms with Crippen LogP contribution in [0.2, 0.25) is 0 Å². The van der Waals surface area contributed by atoms with Gasteiger partial charge in [0.05, 0.1) is 11.6 Å². The van der Waals surface area contributed by atoms with E-state index in [1.54, 1.807) is 17.3 Å². The average Bonchev–Trinajstić information content (AvgIpc) is 3.01. The number of aliphatic hydroxyl groups is 1. The maximum Gasteiger partial charge on any atom is 0.295 e. The summed E-state index contributed by atoms with van der Waals surface area (Å²) in [6, 6.07) is 8.83. The van der Waals surface area contributed by atoms with Crippen molar-refractivity contribution in [3.8, 4) is 0 Å². The van der Waals surface area contributed by atoms with Crippen LogP contribution in [-0.2, 0) is 9.59 Å². The van der Waals surface area contributed by atoms with E-state index in [9.17, 15) is 14.7 Å². The van der Waals surface area contributed by atoms with Crippen molar-refractivity contribution in [2.45, 2.75) is 58.0 Å². The van der Waals surface area contributed by atoms with Crippen LogP contribution in [0.25, 0.3) is 5.76 Å². The molecule has 1 aliphatic heterocycles. The summed E-state index contributed by atoms with van der Waals surface area (Å²) < 4.78 is 0. The first-order valence-corrected chi connectivity index (χ1v) is 10.3. The van der Waals surface area contributed by atoms with Crippen LogP contribution in [0, 0.1) is 13.8 Å². The average molecular weight is 390 g/mol. The number of aromatic nitrogens is 1. The van der Waals surface area contributed by atoms with Gasteiger partial charge in [-0.1, -0.05) is 37.0 Å². The number of pyridine rings is 1. The highest BCUT2D eigenvalue weighted by Gasteiger charge is 2.48. The van der Waals surface area contributed by atoms with Gasteiger partial charge in [-0.25, -0.2) is 0 Å². The van der Waals surface area contributed by atoms with Gasteiger partial charge in [-0.05, 0) is 56.0 Å². The Morgan fingerprint density at radius 1 is 1.03 bits per heavy atom. The van der Waals surface area contributed by atoms with Crippen molar-refractivity contribution >= 4 is 17.4 Å². The van der Waals surface area contributed by atoms with Gasteiger partial charge in [0.25, 0.3) is 11.7 Å². The molecule has 1 unspecified atom stereocenters. The summed E-state index contributed by atoms with van der Waals surface area (Å²) in [5, 5.41) is 11.2. The molecular weight excluding hydrogens is 364 g/mol. The lowest BCUT2D eigenvalue weighted by atomic mass is 9.90. The van der Waals surface area contributed by atoms with Crippen LogP contribution in [0.4, 0.5) is 0 Å². The van der Waals surface area contributed by atoms with Crippen molar-refractivity contribution in [2.75, 3.05) is 0 Å². The molecule has 1 aromatic heterocycles. The van der Waals surface area contributed by atoms with E-state index in [0.717, 1.165) is 48.8 Å². The van der Waals surface area contributed by atoms with E-state index in [1.807, 2.05) is 44.2 Å². The molecule has 1 aromatic carbocycles. The van der Waals surface area contributed by atoms with Crippen LogP contribution < -0.4 is 0 Å². The fraction of sp³-hybridized carbons (Fsp3) is 0.375. The van der Waals surface area contributed by atoms with Crippen molar-refractivity contribution < 1.29 is 14.7 Å². The Labute approximate surface area is 171 Å². The number of aliphatic hydroxyl groups excluding tert-OH is 1. The van der Waals surface area contributed by atoms with E-state index in [-0.39, 0.29) is 17.4 Å². The van der Waals surface area contributed by atoms with Gasteiger partial charge in [-0.2, -0.15) is 0 Å². The number of nitrogens with zero attached hydrogens (tertiary/aromatic N) is 2. The minimum atomic E-state index is -0.601. The summed E-state index contributed by atoms with van der Waals surface area (Å²) in [6.45, 7) is 3.84. The van der Waals surface area contributed by atoms with Crippen molar-refractivity contribution in [1.82, 2.24) is 9.88 Å². The number of benzene rings is 1. The van der Waals surface area contributed by atoms with Crippen molar-refractivity contribution in [2.24, 2.45) is 0 Å². The smallest absolute Gasteiger partial charge is 0.295 e. The largest absolute Gasteiger partial charge is 0.507 e. The number of carbonyl (C=O) groups excluding carboxylic acids is 2. The number of amides is 1. The zero-order chi connectivity index (χ0) is 20.5. The third kappa shape index (κ3) is 3.46. The second kappa shape index (κ2) is 7.82. The molecule has 1 N–H and O–H groups in total. The van der Waals surface area contributed by atoms with Crippen molar-refractivity contribution in [3.63, 3.8) is 0 Å². The van der Waals surface area contributed by atoms with E-state index >= 15 is 0 Å². The Morgan fingerprint density at radius 2 is 1.72 bits per heavy atom. The number of likely N-dealkylation sites (tertiary alicyclic amines) is 1. The van der Waals surface area contributed by atoms with E-state index in [1.165, 1.54) is 0 Å². The molecular formula is C24H26N2O3. The Kier molecular flexibility index (Phi) is 5.22. The Bertz CT molecular complexity index is 975. The first-order chi connectivity index (χ1) is 14.0. The highest BCUT2D eigenvalue weighted by molar-refractivity contribution is 6.46. The van der Waals surface area contributed by atoms with E-state index < -0.39 is 17.7 Å².